The first kappa shape index (κ1) is 13.6. The van der Waals surface area contributed by atoms with E-state index in [2.05, 4.69) is 38.3 Å². The van der Waals surface area contributed by atoms with Gasteiger partial charge in [0, 0.05) is 12.1 Å². The summed E-state index contributed by atoms with van der Waals surface area (Å²) in [5.41, 5.74) is 0.373. The molecule has 0 saturated carbocycles. The minimum atomic E-state index is -0.954. The van der Waals surface area contributed by atoms with Crippen LogP contribution >= 0.6 is 15.9 Å². The maximum Gasteiger partial charge on any atom is 0.231 e. The lowest BCUT2D eigenvalue weighted by atomic mass is 9.98. The Morgan fingerprint density at radius 2 is 2.15 bits per heavy atom. The zero-order chi connectivity index (χ0) is 14.3. The SMILES string of the molecule is C[C@@H]1CNC[C@H]1c1nc(-c2ccc(F)c(F)c2Br)no1. The summed E-state index contributed by atoms with van der Waals surface area (Å²) in [4.78, 5) is 4.31. The summed E-state index contributed by atoms with van der Waals surface area (Å²) in [5, 5.41) is 7.12. The quantitative estimate of drug-likeness (QED) is 0.851. The van der Waals surface area contributed by atoms with E-state index >= 15 is 0 Å². The van der Waals surface area contributed by atoms with Gasteiger partial charge in [0.15, 0.2) is 11.6 Å². The molecule has 0 aliphatic carbocycles. The average molecular weight is 344 g/mol. The van der Waals surface area contributed by atoms with Gasteiger partial charge in [0.25, 0.3) is 0 Å². The van der Waals surface area contributed by atoms with Gasteiger partial charge in [0.2, 0.25) is 11.7 Å². The molecule has 1 aliphatic heterocycles. The predicted molar refractivity (Wildman–Crippen MR) is 72.1 cm³/mol. The van der Waals surface area contributed by atoms with Crippen LogP contribution < -0.4 is 5.32 Å². The number of hydrogen-bond acceptors (Lipinski definition) is 4. The third kappa shape index (κ3) is 2.25. The van der Waals surface area contributed by atoms with Crippen molar-refractivity contribution in [1.29, 1.82) is 0 Å². The molecule has 7 heteroatoms. The van der Waals surface area contributed by atoms with Crippen LogP contribution in [0.4, 0.5) is 8.78 Å². The molecule has 4 nitrogen and oxygen atoms in total. The van der Waals surface area contributed by atoms with E-state index in [1.54, 1.807) is 0 Å². The van der Waals surface area contributed by atoms with Gasteiger partial charge in [-0.1, -0.05) is 12.1 Å². The minimum Gasteiger partial charge on any atom is -0.339 e. The van der Waals surface area contributed by atoms with E-state index in [1.165, 1.54) is 6.07 Å². The Morgan fingerprint density at radius 1 is 1.35 bits per heavy atom. The first-order chi connectivity index (χ1) is 9.58. The number of rotatable bonds is 2. The third-order valence-corrected chi connectivity index (χ3v) is 4.33. The topological polar surface area (TPSA) is 51.0 Å². The molecule has 1 N–H and O–H groups in total. The molecule has 2 heterocycles. The van der Waals surface area contributed by atoms with Gasteiger partial charge in [-0.15, -0.1) is 0 Å². The van der Waals surface area contributed by atoms with Gasteiger partial charge in [0.1, 0.15) is 0 Å². The summed E-state index contributed by atoms with van der Waals surface area (Å²) >= 11 is 3.02. The molecule has 0 spiro atoms. The first-order valence-corrected chi connectivity index (χ1v) is 7.05. The van der Waals surface area contributed by atoms with Crippen molar-refractivity contribution < 1.29 is 13.3 Å². The van der Waals surface area contributed by atoms with Crippen LogP contribution in [0.25, 0.3) is 11.4 Å². The summed E-state index contributed by atoms with van der Waals surface area (Å²) in [6, 6.07) is 2.47. The van der Waals surface area contributed by atoms with Crippen molar-refractivity contribution in [2.75, 3.05) is 13.1 Å². The van der Waals surface area contributed by atoms with E-state index in [0.29, 0.717) is 17.4 Å². The Morgan fingerprint density at radius 3 is 2.85 bits per heavy atom. The Bertz CT molecular complexity index is 647. The normalized spacial score (nSPS) is 22.4. The highest BCUT2D eigenvalue weighted by Crippen LogP contribution is 2.32. The molecule has 1 saturated heterocycles. The van der Waals surface area contributed by atoms with Gasteiger partial charge in [0.05, 0.1) is 10.4 Å². The van der Waals surface area contributed by atoms with Crippen LogP contribution in [0.1, 0.15) is 18.7 Å². The first-order valence-electron chi connectivity index (χ1n) is 6.26. The lowest BCUT2D eigenvalue weighted by Crippen LogP contribution is -2.08. The summed E-state index contributed by atoms with van der Waals surface area (Å²) in [6.45, 7) is 3.78. The van der Waals surface area contributed by atoms with E-state index < -0.39 is 11.6 Å². The highest BCUT2D eigenvalue weighted by molar-refractivity contribution is 9.10. The molecule has 0 radical (unpaired) electrons. The fourth-order valence-corrected chi connectivity index (χ4v) is 2.83. The number of hydrogen-bond donors (Lipinski definition) is 1. The van der Waals surface area contributed by atoms with Crippen molar-refractivity contribution in [2.45, 2.75) is 12.8 Å². The molecule has 3 rings (SSSR count). The Kier molecular flexibility index (Phi) is 3.55. The van der Waals surface area contributed by atoms with Gasteiger partial charge in [-0.25, -0.2) is 8.78 Å². The van der Waals surface area contributed by atoms with Crippen LogP contribution in [0.3, 0.4) is 0 Å². The molecule has 20 heavy (non-hydrogen) atoms. The van der Waals surface area contributed by atoms with Gasteiger partial charge < -0.3 is 9.84 Å². The average Bonchev–Trinajstić information content (AvgIpc) is 3.05. The summed E-state index contributed by atoms with van der Waals surface area (Å²) in [6.07, 6.45) is 0. The molecule has 1 aliphatic rings. The van der Waals surface area contributed by atoms with Crippen LogP contribution in [0.5, 0.6) is 0 Å². The highest BCUT2D eigenvalue weighted by atomic mass is 79.9. The fourth-order valence-electron chi connectivity index (χ4n) is 2.33. The van der Waals surface area contributed by atoms with Crippen molar-refractivity contribution in [1.82, 2.24) is 15.5 Å². The zero-order valence-corrected chi connectivity index (χ0v) is 12.2. The Balaban J connectivity index is 1.96. The largest absolute Gasteiger partial charge is 0.339 e. The number of nitrogens with zero attached hydrogens (tertiary/aromatic N) is 2. The molecule has 0 bridgehead atoms. The van der Waals surface area contributed by atoms with E-state index in [9.17, 15) is 8.78 Å². The molecule has 0 amide bonds. The van der Waals surface area contributed by atoms with Gasteiger partial charge in [-0.05, 0) is 40.5 Å². The predicted octanol–water partition coefficient (Wildman–Crippen LogP) is 3.10. The van der Waals surface area contributed by atoms with Gasteiger partial charge >= 0.3 is 0 Å². The molecule has 2 aromatic rings. The number of aromatic nitrogens is 2. The van der Waals surface area contributed by atoms with Crippen LogP contribution in [0.15, 0.2) is 21.1 Å². The summed E-state index contributed by atoms with van der Waals surface area (Å²) in [7, 11) is 0. The second-order valence-corrected chi connectivity index (χ2v) is 5.71. The van der Waals surface area contributed by atoms with Crippen molar-refractivity contribution >= 4 is 15.9 Å². The van der Waals surface area contributed by atoms with Crippen LogP contribution in [-0.4, -0.2) is 23.2 Å². The monoisotopic (exact) mass is 343 g/mol. The van der Waals surface area contributed by atoms with E-state index in [4.69, 9.17) is 4.52 Å². The smallest absolute Gasteiger partial charge is 0.231 e. The maximum absolute atomic E-state index is 13.5. The van der Waals surface area contributed by atoms with Gasteiger partial charge in [-0.3, -0.25) is 0 Å². The zero-order valence-electron chi connectivity index (χ0n) is 10.7. The Labute approximate surface area is 122 Å². The molecule has 106 valence electrons. The van der Waals surface area contributed by atoms with Crippen molar-refractivity contribution in [2.24, 2.45) is 5.92 Å². The van der Waals surface area contributed by atoms with Gasteiger partial charge in [-0.2, -0.15) is 4.98 Å². The van der Waals surface area contributed by atoms with E-state index in [-0.39, 0.29) is 16.2 Å². The number of nitrogens with one attached hydrogen (secondary N) is 1. The van der Waals surface area contributed by atoms with Crippen molar-refractivity contribution in [3.05, 3.63) is 34.1 Å². The van der Waals surface area contributed by atoms with Crippen molar-refractivity contribution in [3.8, 4) is 11.4 Å². The standard InChI is InChI=1S/C13H12BrF2N3O/c1-6-4-17-5-8(6)13-18-12(19-20-13)7-2-3-9(15)11(16)10(7)14/h2-3,6,8,17H,4-5H2,1H3/t6-,8-/m1/s1. The molecule has 1 fully saturated rings. The molecule has 1 aromatic heterocycles. The fraction of sp³-hybridized carbons (Fsp3) is 0.385. The summed E-state index contributed by atoms with van der Waals surface area (Å²) < 4.78 is 31.9. The van der Waals surface area contributed by atoms with E-state index in [0.717, 1.165) is 19.2 Å². The molecule has 1 aromatic carbocycles. The number of halogens is 3. The van der Waals surface area contributed by atoms with Crippen LogP contribution in [0.2, 0.25) is 0 Å². The van der Waals surface area contributed by atoms with Crippen LogP contribution in [0, 0.1) is 17.6 Å². The molecular formula is C13H12BrF2N3O. The third-order valence-electron chi connectivity index (χ3n) is 3.55. The molecule has 2 atom stereocenters. The number of benzene rings is 1. The lowest BCUT2D eigenvalue weighted by Gasteiger charge is -2.07. The maximum atomic E-state index is 13.5. The summed E-state index contributed by atoms with van der Waals surface area (Å²) in [5.74, 6) is -0.543. The molecule has 0 unspecified atom stereocenters. The second kappa shape index (κ2) is 5.21. The van der Waals surface area contributed by atoms with Crippen LogP contribution in [-0.2, 0) is 0 Å². The van der Waals surface area contributed by atoms with E-state index in [1.807, 2.05) is 0 Å². The molecular weight excluding hydrogens is 332 g/mol. The Hall–Kier alpha value is -1.34. The minimum absolute atomic E-state index is 0.00226. The highest BCUT2D eigenvalue weighted by Gasteiger charge is 2.30. The van der Waals surface area contributed by atoms with Crippen molar-refractivity contribution in [3.63, 3.8) is 0 Å². The lowest BCUT2D eigenvalue weighted by molar-refractivity contribution is 0.340. The second-order valence-electron chi connectivity index (χ2n) is 4.92.